The van der Waals surface area contributed by atoms with Crippen LogP contribution in [0.2, 0.25) is 0 Å². The molecule has 74 valence electrons. The van der Waals surface area contributed by atoms with Crippen molar-refractivity contribution in [2.45, 2.75) is 19.3 Å². The fraction of sp³-hybridized carbons (Fsp3) is 0.500. The second-order valence-electron chi connectivity index (χ2n) is 4.16. The molecule has 3 rings (SSSR count). The summed E-state index contributed by atoms with van der Waals surface area (Å²) in [6.07, 6.45) is 6.38. The van der Waals surface area contributed by atoms with E-state index in [-0.39, 0.29) is 0 Å². The second kappa shape index (κ2) is 3.52. The molecule has 0 bridgehead atoms. The molecule has 1 saturated heterocycles. The van der Waals surface area contributed by atoms with Crippen LogP contribution in [0, 0.1) is 0 Å². The SMILES string of the molecule is C(/CN1CCC1)=C1/CCc2ccsc21. The first kappa shape index (κ1) is 8.69. The fourth-order valence-corrected chi connectivity index (χ4v) is 3.22. The van der Waals surface area contributed by atoms with Crippen LogP contribution in [-0.4, -0.2) is 24.5 Å². The minimum atomic E-state index is 1.17. The molecule has 1 fully saturated rings. The van der Waals surface area contributed by atoms with Crippen molar-refractivity contribution in [3.05, 3.63) is 28.0 Å². The third kappa shape index (κ3) is 1.43. The second-order valence-corrected chi connectivity index (χ2v) is 5.07. The Morgan fingerprint density at radius 3 is 3.07 bits per heavy atom. The average molecular weight is 205 g/mol. The van der Waals surface area contributed by atoms with Crippen molar-refractivity contribution < 1.29 is 0 Å². The van der Waals surface area contributed by atoms with E-state index in [1.54, 1.807) is 16.0 Å². The van der Waals surface area contributed by atoms with Crippen molar-refractivity contribution in [2.24, 2.45) is 0 Å². The zero-order valence-electron chi connectivity index (χ0n) is 8.33. The van der Waals surface area contributed by atoms with Gasteiger partial charge in [-0.25, -0.2) is 0 Å². The van der Waals surface area contributed by atoms with Crippen LogP contribution in [0.1, 0.15) is 23.3 Å². The lowest BCUT2D eigenvalue weighted by Crippen LogP contribution is -2.37. The number of allylic oxidation sites excluding steroid dienone is 1. The van der Waals surface area contributed by atoms with Gasteiger partial charge >= 0.3 is 0 Å². The summed E-state index contributed by atoms with van der Waals surface area (Å²) in [6.45, 7) is 3.79. The molecule has 2 heteroatoms. The number of likely N-dealkylation sites (tertiary alicyclic amines) is 1. The molecule has 0 amide bonds. The first-order valence-electron chi connectivity index (χ1n) is 5.41. The number of hydrogen-bond donors (Lipinski definition) is 0. The van der Waals surface area contributed by atoms with Gasteiger partial charge in [-0.15, -0.1) is 11.3 Å². The Morgan fingerprint density at radius 2 is 2.29 bits per heavy atom. The molecule has 0 aromatic carbocycles. The Hall–Kier alpha value is -0.600. The summed E-state index contributed by atoms with van der Waals surface area (Å²) < 4.78 is 0. The number of aryl methyl sites for hydroxylation is 1. The summed E-state index contributed by atoms with van der Waals surface area (Å²) in [7, 11) is 0. The van der Waals surface area contributed by atoms with Gasteiger partial charge in [-0.2, -0.15) is 0 Å². The first-order valence-corrected chi connectivity index (χ1v) is 6.29. The molecule has 0 spiro atoms. The van der Waals surface area contributed by atoms with Crippen LogP contribution in [0.25, 0.3) is 5.57 Å². The van der Waals surface area contributed by atoms with Crippen molar-refractivity contribution in [3.8, 4) is 0 Å². The smallest absolute Gasteiger partial charge is 0.0331 e. The lowest BCUT2D eigenvalue weighted by Gasteiger charge is -2.29. The standard InChI is InChI=1S/C12H15NS/c1-6-13(7-1)8-4-10-2-3-11-5-9-14-12(10)11/h4-5,9H,1-3,6-8H2/b10-4+. The van der Waals surface area contributed by atoms with E-state index < -0.39 is 0 Å². The Morgan fingerprint density at radius 1 is 1.36 bits per heavy atom. The molecular formula is C12H15NS. The predicted octanol–water partition coefficient (Wildman–Crippen LogP) is 2.78. The lowest BCUT2D eigenvalue weighted by molar-refractivity contribution is 0.203. The molecule has 1 aliphatic heterocycles. The minimum absolute atomic E-state index is 1.17. The zero-order valence-corrected chi connectivity index (χ0v) is 9.15. The summed E-state index contributed by atoms with van der Waals surface area (Å²) in [6, 6.07) is 2.28. The van der Waals surface area contributed by atoms with Gasteiger partial charge in [0.1, 0.15) is 0 Å². The van der Waals surface area contributed by atoms with Gasteiger partial charge in [-0.05, 0) is 54.9 Å². The summed E-state index contributed by atoms with van der Waals surface area (Å²) in [5, 5.41) is 2.22. The molecule has 0 atom stereocenters. The van der Waals surface area contributed by atoms with Crippen molar-refractivity contribution in [1.82, 2.24) is 4.90 Å². The Kier molecular flexibility index (Phi) is 2.18. The van der Waals surface area contributed by atoms with Gasteiger partial charge in [0.2, 0.25) is 0 Å². The lowest BCUT2D eigenvalue weighted by atomic mass is 10.2. The van der Waals surface area contributed by atoms with Gasteiger partial charge in [0.25, 0.3) is 0 Å². The Balaban J connectivity index is 1.73. The predicted molar refractivity (Wildman–Crippen MR) is 61.7 cm³/mol. The van der Waals surface area contributed by atoms with E-state index >= 15 is 0 Å². The molecule has 0 unspecified atom stereocenters. The molecule has 14 heavy (non-hydrogen) atoms. The highest BCUT2D eigenvalue weighted by molar-refractivity contribution is 7.11. The zero-order chi connectivity index (χ0) is 9.38. The molecule has 1 aromatic rings. The van der Waals surface area contributed by atoms with Gasteiger partial charge in [-0.3, -0.25) is 4.90 Å². The molecule has 2 heterocycles. The maximum absolute atomic E-state index is 2.51. The highest BCUT2D eigenvalue weighted by atomic mass is 32.1. The molecule has 1 aromatic heterocycles. The van der Waals surface area contributed by atoms with Gasteiger partial charge in [-0.1, -0.05) is 6.08 Å². The number of rotatable bonds is 2. The van der Waals surface area contributed by atoms with Crippen LogP contribution in [0.15, 0.2) is 17.5 Å². The minimum Gasteiger partial charge on any atom is -0.300 e. The molecule has 2 aliphatic rings. The van der Waals surface area contributed by atoms with E-state index in [2.05, 4.69) is 22.4 Å². The normalized spacial score (nSPS) is 23.9. The van der Waals surface area contributed by atoms with Gasteiger partial charge in [0.05, 0.1) is 0 Å². The van der Waals surface area contributed by atoms with Crippen LogP contribution in [0.4, 0.5) is 0 Å². The summed E-state index contributed by atoms with van der Waals surface area (Å²) in [5.74, 6) is 0. The topological polar surface area (TPSA) is 3.24 Å². The average Bonchev–Trinajstić information content (AvgIpc) is 2.65. The molecule has 1 nitrogen and oxygen atoms in total. The number of thiophene rings is 1. The third-order valence-corrected chi connectivity index (χ3v) is 4.28. The Bertz CT molecular complexity index is 360. The highest BCUT2D eigenvalue weighted by Gasteiger charge is 2.18. The fourth-order valence-electron chi connectivity index (χ4n) is 2.20. The van der Waals surface area contributed by atoms with Crippen molar-refractivity contribution in [3.63, 3.8) is 0 Å². The summed E-state index contributed by atoms with van der Waals surface area (Å²) in [5.41, 5.74) is 3.17. The largest absolute Gasteiger partial charge is 0.300 e. The van der Waals surface area contributed by atoms with E-state index in [1.807, 2.05) is 11.3 Å². The van der Waals surface area contributed by atoms with E-state index in [0.717, 1.165) is 0 Å². The molecule has 0 N–H and O–H groups in total. The Labute approximate surface area is 89.0 Å². The number of fused-ring (bicyclic) bond motifs is 1. The van der Waals surface area contributed by atoms with Gasteiger partial charge < -0.3 is 0 Å². The molecule has 0 saturated carbocycles. The van der Waals surface area contributed by atoms with Gasteiger partial charge in [0, 0.05) is 11.4 Å². The van der Waals surface area contributed by atoms with E-state index in [9.17, 15) is 0 Å². The van der Waals surface area contributed by atoms with E-state index in [4.69, 9.17) is 0 Å². The highest BCUT2D eigenvalue weighted by Crippen LogP contribution is 2.36. The third-order valence-electron chi connectivity index (χ3n) is 3.25. The van der Waals surface area contributed by atoms with Gasteiger partial charge in [0.15, 0.2) is 0 Å². The van der Waals surface area contributed by atoms with Crippen LogP contribution in [-0.2, 0) is 6.42 Å². The van der Waals surface area contributed by atoms with Crippen LogP contribution in [0.5, 0.6) is 0 Å². The number of hydrogen-bond acceptors (Lipinski definition) is 2. The molecule has 1 aliphatic carbocycles. The van der Waals surface area contributed by atoms with E-state index in [0.29, 0.717) is 0 Å². The first-order chi connectivity index (χ1) is 6.93. The monoisotopic (exact) mass is 205 g/mol. The quantitative estimate of drug-likeness (QED) is 0.717. The number of nitrogens with zero attached hydrogens (tertiary/aromatic N) is 1. The van der Waals surface area contributed by atoms with Crippen molar-refractivity contribution in [2.75, 3.05) is 19.6 Å². The summed E-state index contributed by atoms with van der Waals surface area (Å²) >= 11 is 1.91. The summed E-state index contributed by atoms with van der Waals surface area (Å²) in [4.78, 5) is 4.07. The van der Waals surface area contributed by atoms with Crippen molar-refractivity contribution >= 4 is 16.9 Å². The van der Waals surface area contributed by atoms with Crippen LogP contribution in [0.3, 0.4) is 0 Å². The molecule has 0 radical (unpaired) electrons. The maximum Gasteiger partial charge on any atom is 0.0331 e. The molecular weight excluding hydrogens is 190 g/mol. The van der Waals surface area contributed by atoms with Crippen LogP contribution < -0.4 is 0 Å². The van der Waals surface area contributed by atoms with Crippen LogP contribution >= 0.6 is 11.3 Å². The van der Waals surface area contributed by atoms with Crippen molar-refractivity contribution in [1.29, 1.82) is 0 Å². The van der Waals surface area contributed by atoms with E-state index in [1.165, 1.54) is 38.9 Å². The maximum atomic E-state index is 2.51.